The Morgan fingerprint density at radius 2 is 1.90 bits per heavy atom. The molecule has 1 saturated heterocycles. The molecule has 0 aromatic carbocycles. The maximum absolute atomic E-state index is 12.4. The normalized spacial score (nSPS) is 16.9. The second kappa shape index (κ2) is 7.47. The summed E-state index contributed by atoms with van der Waals surface area (Å²) < 4.78 is 5.21. The summed E-state index contributed by atoms with van der Waals surface area (Å²) in [6, 6.07) is -0.536. The van der Waals surface area contributed by atoms with Crippen LogP contribution in [-0.2, 0) is 9.53 Å². The summed E-state index contributed by atoms with van der Waals surface area (Å²) in [4.78, 5) is 26.0. The second-order valence-corrected chi connectivity index (χ2v) is 6.16. The van der Waals surface area contributed by atoms with Gasteiger partial charge in [-0.1, -0.05) is 0 Å². The van der Waals surface area contributed by atoms with Crippen molar-refractivity contribution in [2.45, 2.75) is 58.1 Å². The topological polar surface area (TPSA) is 84.7 Å². The zero-order valence-corrected chi connectivity index (χ0v) is 12.8. The van der Waals surface area contributed by atoms with Crippen LogP contribution in [0.4, 0.5) is 4.79 Å². The van der Waals surface area contributed by atoms with Crippen LogP contribution in [0.5, 0.6) is 0 Å². The van der Waals surface area contributed by atoms with Crippen molar-refractivity contribution in [2.24, 2.45) is 5.73 Å². The lowest BCUT2D eigenvalue weighted by Crippen LogP contribution is -2.49. The van der Waals surface area contributed by atoms with Gasteiger partial charge in [0.2, 0.25) is 5.91 Å². The van der Waals surface area contributed by atoms with Gasteiger partial charge >= 0.3 is 6.09 Å². The van der Waals surface area contributed by atoms with E-state index in [0.717, 1.165) is 25.9 Å². The number of ether oxygens (including phenoxy) is 1. The highest BCUT2D eigenvalue weighted by molar-refractivity contribution is 5.85. The molecule has 1 fully saturated rings. The number of nitrogens with two attached hydrogens (primary N) is 1. The van der Waals surface area contributed by atoms with Crippen LogP contribution in [0.25, 0.3) is 0 Å². The minimum atomic E-state index is -0.570. The Morgan fingerprint density at radius 1 is 1.30 bits per heavy atom. The van der Waals surface area contributed by atoms with Crippen molar-refractivity contribution in [1.82, 2.24) is 10.2 Å². The van der Waals surface area contributed by atoms with E-state index in [0.29, 0.717) is 19.4 Å². The number of likely N-dealkylation sites (tertiary alicyclic amines) is 1. The Labute approximate surface area is 121 Å². The van der Waals surface area contributed by atoms with E-state index in [9.17, 15) is 9.59 Å². The van der Waals surface area contributed by atoms with Crippen LogP contribution in [0, 0.1) is 0 Å². The van der Waals surface area contributed by atoms with Gasteiger partial charge in [0.25, 0.3) is 0 Å². The van der Waals surface area contributed by atoms with Gasteiger partial charge in [-0.05, 0) is 53.0 Å². The van der Waals surface area contributed by atoms with Gasteiger partial charge in [-0.15, -0.1) is 0 Å². The molecule has 0 radical (unpaired) electrons. The molecule has 0 unspecified atom stereocenters. The summed E-state index contributed by atoms with van der Waals surface area (Å²) >= 11 is 0. The number of nitrogens with zero attached hydrogens (tertiary/aromatic N) is 1. The molecule has 1 atom stereocenters. The van der Waals surface area contributed by atoms with Gasteiger partial charge < -0.3 is 20.7 Å². The Morgan fingerprint density at radius 3 is 2.40 bits per heavy atom. The van der Waals surface area contributed by atoms with E-state index in [1.54, 1.807) is 25.7 Å². The third-order valence-electron chi connectivity index (χ3n) is 3.10. The summed E-state index contributed by atoms with van der Waals surface area (Å²) in [5, 5.41) is 2.68. The first kappa shape index (κ1) is 16.8. The van der Waals surface area contributed by atoms with Gasteiger partial charge in [-0.3, -0.25) is 4.79 Å². The molecule has 0 saturated carbocycles. The molecule has 0 spiro atoms. The highest BCUT2D eigenvalue weighted by Gasteiger charge is 2.28. The van der Waals surface area contributed by atoms with Crippen LogP contribution in [0.3, 0.4) is 0 Å². The number of hydrogen-bond acceptors (Lipinski definition) is 4. The smallest absolute Gasteiger partial charge is 0.408 e. The molecule has 1 rings (SSSR count). The van der Waals surface area contributed by atoms with Crippen molar-refractivity contribution in [3.05, 3.63) is 0 Å². The molecule has 1 aliphatic heterocycles. The van der Waals surface area contributed by atoms with Crippen LogP contribution in [0.1, 0.15) is 46.5 Å². The molecule has 0 aliphatic carbocycles. The molecule has 0 bridgehead atoms. The van der Waals surface area contributed by atoms with Gasteiger partial charge in [0.1, 0.15) is 11.6 Å². The standard InChI is InChI=1S/C14H27N3O3/c1-14(2,3)20-13(19)16-11(7-6-8-15)12(18)17-9-4-5-10-17/h11H,4-10,15H2,1-3H3,(H,16,19)/t11-/m0/s1. The molecule has 1 heterocycles. The zero-order valence-electron chi connectivity index (χ0n) is 12.8. The largest absolute Gasteiger partial charge is 0.444 e. The molecule has 6 heteroatoms. The summed E-state index contributed by atoms with van der Waals surface area (Å²) in [6.07, 6.45) is 2.75. The van der Waals surface area contributed by atoms with Crippen molar-refractivity contribution < 1.29 is 14.3 Å². The van der Waals surface area contributed by atoms with E-state index in [1.165, 1.54) is 0 Å². The minimum Gasteiger partial charge on any atom is -0.444 e. The average molecular weight is 285 g/mol. The van der Waals surface area contributed by atoms with E-state index in [2.05, 4.69) is 5.32 Å². The van der Waals surface area contributed by atoms with Crippen LogP contribution in [0.2, 0.25) is 0 Å². The molecule has 0 aromatic heterocycles. The highest BCUT2D eigenvalue weighted by Crippen LogP contribution is 2.12. The molecular weight excluding hydrogens is 258 g/mol. The third-order valence-corrected chi connectivity index (χ3v) is 3.10. The second-order valence-electron chi connectivity index (χ2n) is 6.16. The number of carbonyl (C=O) groups is 2. The summed E-state index contributed by atoms with van der Waals surface area (Å²) in [6.45, 7) is 7.43. The molecule has 20 heavy (non-hydrogen) atoms. The van der Waals surface area contributed by atoms with E-state index in [1.807, 2.05) is 0 Å². The summed E-state index contributed by atoms with van der Waals surface area (Å²) in [7, 11) is 0. The predicted molar refractivity (Wildman–Crippen MR) is 77.3 cm³/mol. The van der Waals surface area contributed by atoms with E-state index < -0.39 is 17.7 Å². The Hall–Kier alpha value is -1.30. The van der Waals surface area contributed by atoms with E-state index in [4.69, 9.17) is 10.5 Å². The number of alkyl carbamates (subject to hydrolysis) is 1. The lowest BCUT2D eigenvalue weighted by atomic mass is 10.1. The van der Waals surface area contributed by atoms with Gasteiger partial charge in [-0.2, -0.15) is 0 Å². The quantitative estimate of drug-likeness (QED) is 0.796. The minimum absolute atomic E-state index is 0.0261. The van der Waals surface area contributed by atoms with Crippen LogP contribution in [0.15, 0.2) is 0 Å². The zero-order chi connectivity index (χ0) is 15.2. The highest BCUT2D eigenvalue weighted by atomic mass is 16.6. The maximum Gasteiger partial charge on any atom is 0.408 e. The van der Waals surface area contributed by atoms with E-state index in [-0.39, 0.29) is 5.91 Å². The third kappa shape index (κ3) is 5.77. The van der Waals surface area contributed by atoms with Crippen LogP contribution < -0.4 is 11.1 Å². The van der Waals surface area contributed by atoms with E-state index >= 15 is 0 Å². The fourth-order valence-corrected chi connectivity index (χ4v) is 2.19. The lowest BCUT2D eigenvalue weighted by molar-refractivity contribution is -0.132. The van der Waals surface area contributed by atoms with Crippen molar-refractivity contribution in [3.8, 4) is 0 Å². The number of hydrogen-bond donors (Lipinski definition) is 2. The first-order chi connectivity index (χ1) is 9.33. The molecular formula is C14H27N3O3. The molecule has 0 aromatic rings. The first-order valence-electron chi connectivity index (χ1n) is 7.32. The van der Waals surface area contributed by atoms with Crippen molar-refractivity contribution in [1.29, 1.82) is 0 Å². The Bertz CT molecular complexity index is 333. The van der Waals surface area contributed by atoms with Crippen molar-refractivity contribution >= 4 is 12.0 Å². The number of carbonyl (C=O) groups excluding carboxylic acids is 2. The molecule has 116 valence electrons. The molecule has 3 N–H and O–H groups in total. The number of nitrogens with one attached hydrogen (secondary N) is 1. The molecule has 1 aliphatic rings. The van der Waals surface area contributed by atoms with Gasteiger partial charge in [-0.25, -0.2) is 4.79 Å². The summed E-state index contributed by atoms with van der Waals surface area (Å²) in [5.74, 6) is -0.0261. The predicted octanol–water partition coefficient (Wildman–Crippen LogP) is 1.24. The van der Waals surface area contributed by atoms with Crippen LogP contribution >= 0.6 is 0 Å². The van der Waals surface area contributed by atoms with Gasteiger partial charge in [0.05, 0.1) is 0 Å². The van der Waals surface area contributed by atoms with Crippen molar-refractivity contribution in [3.63, 3.8) is 0 Å². The first-order valence-corrected chi connectivity index (χ1v) is 7.32. The summed E-state index contributed by atoms with van der Waals surface area (Å²) in [5.41, 5.74) is 4.92. The Kier molecular flexibility index (Phi) is 6.26. The Balaban J connectivity index is 2.58. The monoisotopic (exact) mass is 285 g/mol. The number of rotatable bonds is 5. The molecule has 2 amide bonds. The van der Waals surface area contributed by atoms with Gasteiger partial charge in [0, 0.05) is 13.1 Å². The SMILES string of the molecule is CC(C)(C)OC(=O)N[C@@H](CCCN)C(=O)N1CCCC1. The van der Waals surface area contributed by atoms with Gasteiger partial charge in [0.15, 0.2) is 0 Å². The molecule has 6 nitrogen and oxygen atoms in total. The fraction of sp³-hybridized carbons (Fsp3) is 0.857. The average Bonchev–Trinajstić information content (AvgIpc) is 2.84. The van der Waals surface area contributed by atoms with Crippen LogP contribution in [-0.4, -0.2) is 48.2 Å². The fourth-order valence-electron chi connectivity index (χ4n) is 2.19. The maximum atomic E-state index is 12.4. The lowest BCUT2D eigenvalue weighted by Gasteiger charge is -2.26. The van der Waals surface area contributed by atoms with Crippen molar-refractivity contribution in [2.75, 3.05) is 19.6 Å². The number of amides is 2.